The summed E-state index contributed by atoms with van der Waals surface area (Å²) in [4.78, 5) is 4.07. The van der Waals surface area contributed by atoms with Crippen LogP contribution in [0.4, 0.5) is 13.2 Å². The van der Waals surface area contributed by atoms with Gasteiger partial charge in [0.25, 0.3) is 0 Å². The van der Waals surface area contributed by atoms with Gasteiger partial charge in [0, 0.05) is 6.04 Å². The minimum atomic E-state index is -4.32. The van der Waals surface area contributed by atoms with Crippen molar-refractivity contribution in [3.8, 4) is 0 Å². The van der Waals surface area contributed by atoms with Gasteiger partial charge in [-0.3, -0.25) is 5.10 Å². The third-order valence-corrected chi connectivity index (χ3v) is 4.65. The van der Waals surface area contributed by atoms with Crippen molar-refractivity contribution in [1.29, 1.82) is 0 Å². The summed E-state index contributed by atoms with van der Waals surface area (Å²) in [5.41, 5.74) is 0.0958. The van der Waals surface area contributed by atoms with E-state index in [-0.39, 0.29) is 6.04 Å². The minimum absolute atomic E-state index is 0.113. The Balaban J connectivity index is 1.82. The lowest BCUT2D eigenvalue weighted by molar-refractivity contribution is -0.137. The lowest BCUT2D eigenvalue weighted by Gasteiger charge is -2.31. The number of alkyl halides is 3. The van der Waals surface area contributed by atoms with E-state index in [1.807, 2.05) is 0 Å². The highest BCUT2D eigenvalue weighted by Crippen LogP contribution is 2.37. The number of aromatic nitrogens is 3. The number of hydrogen-bond acceptors (Lipinski definition) is 3. The largest absolute Gasteiger partial charge is 0.416 e. The molecule has 0 radical (unpaired) electrons. The van der Waals surface area contributed by atoms with Gasteiger partial charge in [-0.2, -0.15) is 18.3 Å². The van der Waals surface area contributed by atoms with E-state index in [2.05, 4.69) is 20.5 Å². The molecule has 0 aliphatic heterocycles. The molecule has 0 amide bonds. The van der Waals surface area contributed by atoms with E-state index in [1.54, 1.807) is 6.07 Å². The third kappa shape index (κ3) is 4.14. The summed E-state index contributed by atoms with van der Waals surface area (Å²) in [5.74, 6) is 1.02. The first-order valence-corrected chi connectivity index (χ1v) is 8.29. The molecule has 1 saturated carbocycles. The van der Waals surface area contributed by atoms with Crippen molar-refractivity contribution in [1.82, 2.24) is 20.5 Å². The maximum absolute atomic E-state index is 13.0. The zero-order valence-electron chi connectivity index (χ0n) is 13.3. The zero-order chi connectivity index (χ0) is 17.0. The molecule has 1 aromatic heterocycles. The number of nitrogens with one attached hydrogen (secondary N) is 2. The molecule has 0 bridgehead atoms. The van der Waals surface area contributed by atoms with E-state index < -0.39 is 11.7 Å². The fourth-order valence-electron chi connectivity index (χ4n) is 3.46. The van der Waals surface area contributed by atoms with Crippen LogP contribution >= 0.6 is 0 Å². The zero-order valence-corrected chi connectivity index (χ0v) is 13.3. The molecule has 1 aliphatic rings. The smallest absolute Gasteiger partial charge is 0.303 e. The molecule has 0 saturated heterocycles. The summed E-state index contributed by atoms with van der Waals surface area (Å²) in [6, 6.07) is 5.55. The Hall–Kier alpha value is -1.89. The van der Waals surface area contributed by atoms with E-state index >= 15 is 0 Å². The molecule has 1 atom stereocenters. The van der Waals surface area contributed by atoms with E-state index in [1.165, 1.54) is 24.9 Å². The van der Waals surface area contributed by atoms with Gasteiger partial charge in [0.15, 0.2) is 0 Å². The van der Waals surface area contributed by atoms with Crippen molar-refractivity contribution in [2.75, 3.05) is 0 Å². The van der Waals surface area contributed by atoms with Crippen LogP contribution in [0.3, 0.4) is 0 Å². The first-order valence-electron chi connectivity index (χ1n) is 8.29. The Morgan fingerprint density at radius 1 is 1.21 bits per heavy atom. The van der Waals surface area contributed by atoms with Crippen LogP contribution < -0.4 is 5.32 Å². The third-order valence-electron chi connectivity index (χ3n) is 4.65. The number of nitrogens with zero attached hydrogens (tertiary/aromatic N) is 2. The van der Waals surface area contributed by atoms with E-state index in [0.29, 0.717) is 23.9 Å². The van der Waals surface area contributed by atoms with Gasteiger partial charge < -0.3 is 5.32 Å². The summed E-state index contributed by atoms with van der Waals surface area (Å²) in [7, 11) is 0. The molecule has 1 aliphatic carbocycles. The molecule has 1 heterocycles. The predicted octanol–water partition coefficient (Wildman–Crippen LogP) is 4.23. The Morgan fingerprint density at radius 2 is 2.00 bits per heavy atom. The Labute approximate surface area is 138 Å². The summed E-state index contributed by atoms with van der Waals surface area (Å²) in [5, 5.41) is 9.97. The summed E-state index contributed by atoms with van der Waals surface area (Å²) >= 11 is 0. The van der Waals surface area contributed by atoms with Crippen molar-refractivity contribution in [2.24, 2.45) is 5.92 Å². The van der Waals surface area contributed by atoms with Gasteiger partial charge in [0.2, 0.25) is 0 Å². The van der Waals surface area contributed by atoms with Crippen molar-refractivity contribution in [3.05, 3.63) is 47.5 Å². The molecule has 2 aromatic rings. The standard InChI is InChI=1S/C17H21F3N4/c18-17(19,20)14-8-4-7-13(9-14)16(12-5-2-1-3-6-12)21-10-15-22-11-23-24-15/h4,7-9,11-12,16,21H,1-3,5-6,10H2,(H,22,23,24). The molecule has 24 heavy (non-hydrogen) atoms. The molecule has 7 heteroatoms. The average Bonchev–Trinajstić information content (AvgIpc) is 3.09. The molecule has 130 valence electrons. The number of benzene rings is 1. The van der Waals surface area contributed by atoms with Gasteiger partial charge in [-0.15, -0.1) is 0 Å². The first kappa shape index (κ1) is 17.0. The van der Waals surface area contributed by atoms with Gasteiger partial charge in [-0.25, -0.2) is 4.98 Å². The van der Waals surface area contributed by atoms with E-state index in [9.17, 15) is 13.2 Å². The predicted molar refractivity (Wildman–Crippen MR) is 84.0 cm³/mol. The SMILES string of the molecule is FC(F)(F)c1cccc(C(NCc2ncn[nH]2)C2CCCCC2)c1. The molecule has 4 nitrogen and oxygen atoms in total. The van der Waals surface area contributed by atoms with Crippen LogP contribution in [0.1, 0.15) is 55.1 Å². The van der Waals surface area contributed by atoms with Crippen molar-refractivity contribution < 1.29 is 13.2 Å². The average molecular weight is 338 g/mol. The summed E-state index contributed by atoms with van der Waals surface area (Å²) < 4.78 is 39.1. The molecule has 0 spiro atoms. The molecule has 1 unspecified atom stereocenters. The monoisotopic (exact) mass is 338 g/mol. The number of hydrogen-bond donors (Lipinski definition) is 2. The van der Waals surface area contributed by atoms with Crippen LogP contribution in [0, 0.1) is 5.92 Å². The van der Waals surface area contributed by atoms with Gasteiger partial charge in [-0.1, -0.05) is 31.4 Å². The summed E-state index contributed by atoms with van der Waals surface area (Å²) in [6.45, 7) is 0.456. The number of aromatic amines is 1. The highest BCUT2D eigenvalue weighted by molar-refractivity contribution is 5.28. The van der Waals surface area contributed by atoms with Crippen LogP contribution in [0.15, 0.2) is 30.6 Å². The van der Waals surface area contributed by atoms with Crippen LogP contribution in [-0.2, 0) is 12.7 Å². The maximum Gasteiger partial charge on any atom is 0.416 e. The lowest BCUT2D eigenvalue weighted by atomic mass is 9.81. The first-order chi connectivity index (χ1) is 11.5. The second-order valence-electron chi connectivity index (χ2n) is 6.31. The van der Waals surface area contributed by atoms with Gasteiger partial charge in [-0.05, 0) is 36.5 Å². The molecule has 1 fully saturated rings. The number of rotatable bonds is 5. The highest BCUT2D eigenvalue weighted by atomic mass is 19.4. The topological polar surface area (TPSA) is 53.6 Å². The number of halogens is 3. The van der Waals surface area contributed by atoms with Crippen molar-refractivity contribution >= 4 is 0 Å². The van der Waals surface area contributed by atoms with Crippen LogP contribution in [-0.4, -0.2) is 15.2 Å². The minimum Gasteiger partial charge on any atom is -0.303 e. The van der Waals surface area contributed by atoms with Crippen molar-refractivity contribution in [3.63, 3.8) is 0 Å². The van der Waals surface area contributed by atoms with Crippen LogP contribution in [0.25, 0.3) is 0 Å². The molecule has 1 aromatic carbocycles. The quantitative estimate of drug-likeness (QED) is 0.857. The van der Waals surface area contributed by atoms with Gasteiger partial charge in [0.1, 0.15) is 12.2 Å². The lowest BCUT2D eigenvalue weighted by Crippen LogP contribution is -2.30. The Morgan fingerprint density at radius 3 is 2.67 bits per heavy atom. The maximum atomic E-state index is 13.0. The Bertz CT molecular complexity index is 634. The molecular weight excluding hydrogens is 317 g/mol. The molecule has 2 N–H and O–H groups in total. The fourth-order valence-corrected chi connectivity index (χ4v) is 3.46. The fraction of sp³-hybridized carbons (Fsp3) is 0.529. The normalized spacial score (nSPS) is 17.8. The molecular formula is C17H21F3N4. The van der Waals surface area contributed by atoms with Gasteiger partial charge >= 0.3 is 6.18 Å². The van der Waals surface area contributed by atoms with Crippen LogP contribution in [0.2, 0.25) is 0 Å². The van der Waals surface area contributed by atoms with Crippen LogP contribution in [0.5, 0.6) is 0 Å². The van der Waals surface area contributed by atoms with Crippen molar-refractivity contribution in [2.45, 2.75) is 50.9 Å². The number of H-pyrrole nitrogens is 1. The van der Waals surface area contributed by atoms with E-state index in [4.69, 9.17) is 0 Å². The van der Waals surface area contributed by atoms with E-state index in [0.717, 1.165) is 31.7 Å². The van der Waals surface area contributed by atoms with Gasteiger partial charge in [0.05, 0.1) is 12.1 Å². The highest BCUT2D eigenvalue weighted by Gasteiger charge is 2.32. The Kier molecular flexibility index (Phi) is 5.18. The second-order valence-corrected chi connectivity index (χ2v) is 6.31. The summed E-state index contributed by atoms with van der Waals surface area (Å²) in [6.07, 6.45) is 2.63. The second kappa shape index (κ2) is 7.34. The molecule has 3 rings (SSSR count).